The second-order valence-electron chi connectivity index (χ2n) is 7.27. The number of aryl methyl sites for hydroxylation is 1. The van der Waals surface area contributed by atoms with E-state index in [9.17, 15) is 4.79 Å². The van der Waals surface area contributed by atoms with Crippen LogP contribution in [0.2, 0.25) is 0 Å². The number of nitrogens with zero attached hydrogens (tertiary/aromatic N) is 1. The van der Waals surface area contributed by atoms with Gasteiger partial charge in [0.05, 0.1) is 6.54 Å². The van der Waals surface area contributed by atoms with E-state index < -0.39 is 0 Å². The van der Waals surface area contributed by atoms with Crippen molar-refractivity contribution in [3.05, 3.63) is 23.7 Å². The lowest BCUT2D eigenvalue weighted by atomic mass is 9.92. The van der Waals surface area contributed by atoms with Gasteiger partial charge in [-0.1, -0.05) is 12.8 Å². The fraction of sp³-hybridized carbons (Fsp3) is 0.737. The summed E-state index contributed by atoms with van der Waals surface area (Å²) in [6, 6.07) is 4.69. The van der Waals surface area contributed by atoms with Crippen LogP contribution in [0.1, 0.15) is 62.9 Å². The molecule has 128 valence electrons. The Labute approximate surface area is 139 Å². The number of hydrogen-bond acceptors (Lipinski definition) is 3. The Morgan fingerprint density at radius 1 is 1.26 bits per heavy atom. The van der Waals surface area contributed by atoms with Gasteiger partial charge in [-0.05, 0) is 63.6 Å². The van der Waals surface area contributed by atoms with Crippen LogP contribution in [-0.4, -0.2) is 29.9 Å². The number of nitrogens with one attached hydrogen (secondary N) is 1. The second-order valence-corrected chi connectivity index (χ2v) is 7.27. The van der Waals surface area contributed by atoms with Crippen LogP contribution < -0.4 is 5.32 Å². The lowest BCUT2D eigenvalue weighted by Gasteiger charge is -2.36. The lowest BCUT2D eigenvalue weighted by molar-refractivity contribution is -0.121. The molecule has 1 N–H and O–H groups in total. The minimum absolute atomic E-state index is 0.150. The number of carbonyl (C=O) groups is 1. The first-order chi connectivity index (χ1) is 11.2. The van der Waals surface area contributed by atoms with Crippen LogP contribution in [0.15, 0.2) is 16.5 Å². The standard InChI is InChI=1S/C19H30N2O2/c1-15-8-10-18(23-15)13-20-19(22)11-9-16-5-4-12-21(14-16)17-6-2-3-7-17/h8,10,16-17H,2-7,9,11-14H2,1H3,(H,20,22). The summed E-state index contributed by atoms with van der Waals surface area (Å²) < 4.78 is 5.48. The average Bonchev–Trinajstić information content (AvgIpc) is 3.23. The summed E-state index contributed by atoms with van der Waals surface area (Å²) in [5.41, 5.74) is 0. The number of likely N-dealkylation sites (tertiary alicyclic amines) is 1. The molecule has 1 atom stereocenters. The zero-order valence-corrected chi connectivity index (χ0v) is 14.4. The lowest BCUT2D eigenvalue weighted by Crippen LogP contribution is -2.41. The highest BCUT2D eigenvalue weighted by atomic mass is 16.3. The van der Waals surface area contributed by atoms with Crippen molar-refractivity contribution in [1.82, 2.24) is 10.2 Å². The molecule has 2 heterocycles. The maximum absolute atomic E-state index is 12.0. The van der Waals surface area contributed by atoms with Crippen molar-refractivity contribution in [2.75, 3.05) is 13.1 Å². The predicted octanol–water partition coefficient (Wildman–Crippen LogP) is 3.64. The fourth-order valence-electron chi connectivity index (χ4n) is 4.12. The first kappa shape index (κ1) is 16.6. The third-order valence-corrected chi connectivity index (χ3v) is 5.43. The van der Waals surface area contributed by atoms with E-state index in [-0.39, 0.29) is 5.91 Å². The molecule has 2 aliphatic rings. The Morgan fingerprint density at radius 3 is 2.83 bits per heavy atom. The molecule has 1 aromatic rings. The summed E-state index contributed by atoms with van der Waals surface area (Å²) in [7, 11) is 0. The summed E-state index contributed by atoms with van der Waals surface area (Å²) in [4.78, 5) is 14.7. The van der Waals surface area contributed by atoms with Gasteiger partial charge in [-0.3, -0.25) is 4.79 Å². The third-order valence-electron chi connectivity index (χ3n) is 5.43. The highest BCUT2D eigenvalue weighted by molar-refractivity contribution is 5.75. The summed E-state index contributed by atoms with van der Waals surface area (Å²) in [5, 5.41) is 2.97. The fourth-order valence-corrected chi connectivity index (χ4v) is 4.12. The number of piperidine rings is 1. The Balaban J connectivity index is 1.36. The van der Waals surface area contributed by atoms with E-state index in [1.54, 1.807) is 0 Å². The molecule has 3 rings (SSSR count). The van der Waals surface area contributed by atoms with Gasteiger partial charge in [0.15, 0.2) is 0 Å². The molecule has 1 aromatic heterocycles. The van der Waals surface area contributed by atoms with Gasteiger partial charge in [0.25, 0.3) is 0 Å². The van der Waals surface area contributed by atoms with Crippen LogP contribution in [-0.2, 0) is 11.3 Å². The van der Waals surface area contributed by atoms with E-state index in [0.717, 1.165) is 24.0 Å². The molecule has 1 unspecified atom stereocenters. The maximum atomic E-state index is 12.0. The Hall–Kier alpha value is -1.29. The van der Waals surface area contributed by atoms with E-state index in [2.05, 4.69) is 10.2 Å². The smallest absolute Gasteiger partial charge is 0.220 e. The van der Waals surface area contributed by atoms with Crippen LogP contribution >= 0.6 is 0 Å². The molecule has 0 spiro atoms. The van der Waals surface area contributed by atoms with E-state index in [1.807, 2.05) is 19.1 Å². The third kappa shape index (κ3) is 4.84. The van der Waals surface area contributed by atoms with Gasteiger partial charge in [0, 0.05) is 19.0 Å². The molecular formula is C19H30N2O2. The molecule has 1 aliphatic heterocycles. The van der Waals surface area contributed by atoms with Crippen molar-refractivity contribution in [2.45, 2.75) is 70.9 Å². The molecule has 2 fully saturated rings. The largest absolute Gasteiger partial charge is 0.465 e. The number of amides is 1. The van der Waals surface area contributed by atoms with E-state index in [0.29, 0.717) is 18.9 Å². The molecule has 4 heteroatoms. The molecule has 0 aromatic carbocycles. The van der Waals surface area contributed by atoms with Gasteiger partial charge in [0.1, 0.15) is 11.5 Å². The minimum atomic E-state index is 0.150. The van der Waals surface area contributed by atoms with Crippen LogP contribution in [0, 0.1) is 12.8 Å². The van der Waals surface area contributed by atoms with Gasteiger partial charge in [-0.25, -0.2) is 0 Å². The minimum Gasteiger partial charge on any atom is -0.465 e. The van der Waals surface area contributed by atoms with Gasteiger partial charge in [-0.15, -0.1) is 0 Å². The summed E-state index contributed by atoms with van der Waals surface area (Å²) in [6.07, 6.45) is 9.82. The second kappa shape index (κ2) is 8.00. The topological polar surface area (TPSA) is 45.5 Å². The van der Waals surface area contributed by atoms with Crippen molar-refractivity contribution in [3.8, 4) is 0 Å². The Kier molecular flexibility index (Phi) is 5.76. The van der Waals surface area contributed by atoms with Gasteiger partial charge in [0.2, 0.25) is 5.91 Å². The molecule has 23 heavy (non-hydrogen) atoms. The van der Waals surface area contributed by atoms with Crippen LogP contribution in [0.3, 0.4) is 0 Å². The Morgan fingerprint density at radius 2 is 2.09 bits per heavy atom. The molecule has 1 amide bonds. The first-order valence-electron chi connectivity index (χ1n) is 9.27. The van der Waals surface area contributed by atoms with Gasteiger partial charge >= 0.3 is 0 Å². The molecule has 1 saturated carbocycles. The van der Waals surface area contributed by atoms with Crippen LogP contribution in [0.4, 0.5) is 0 Å². The van der Waals surface area contributed by atoms with Crippen molar-refractivity contribution < 1.29 is 9.21 Å². The molecule has 1 aliphatic carbocycles. The van der Waals surface area contributed by atoms with Crippen LogP contribution in [0.25, 0.3) is 0 Å². The molecule has 1 saturated heterocycles. The first-order valence-corrected chi connectivity index (χ1v) is 9.27. The van der Waals surface area contributed by atoms with Crippen LogP contribution in [0.5, 0.6) is 0 Å². The number of rotatable bonds is 6. The quantitative estimate of drug-likeness (QED) is 0.871. The molecule has 0 bridgehead atoms. The van der Waals surface area contributed by atoms with Crippen molar-refractivity contribution in [2.24, 2.45) is 5.92 Å². The molecule has 4 nitrogen and oxygen atoms in total. The maximum Gasteiger partial charge on any atom is 0.220 e. The van der Waals surface area contributed by atoms with Crippen molar-refractivity contribution in [1.29, 1.82) is 0 Å². The summed E-state index contributed by atoms with van der Waals surface area (Å²) in [6.45, 7) is 4.90. The Bertz CT molecular complexity index is 505. The van der Waals surface area contributed by atoms with Gasteiger partial charge in [-0.2, -0.15) is 0 Å². The summed E-state index contributed by atoms with van der Waals surface area (Å²) >= 11 is 0. The zero-order valence-electron chi connectivity index (χ0n) is 14.4. The normalized spacial score (nSPS) is 23.3. The highest BCUT2D eigenvalue weighted by Gasteiger charge is 2.27. The van der Waals surface area contributed by atoms with Gasteiger partial charge < -0.3 is 14.6 Å². The van der Waals surface area contributed by atoms with E-state index in [1.165, 1.54) is 51.6 Å². The van der Waals surface area contributed by atoms with E-state index >= 15 is 0 Å². The number of hydrogen-bond donors (Lipinski definition) is 1. The number of carbonyl (C=O) groups excluding carboxylic acids is 1. The van der Waals surface area contributed by atoms with Crippen molar-refractivity contribution in [3.63, 3.8) is 0 Å². The highest BCUT2D eigenvalue weighted by Crippen LogP contribution is 2.29. The average molecular weight is 318 g/mol. The molecule has 0 radical (unpaired) electrons. The molecular weight excluding hydrogens is 288 g/mol. The monoisotopic (exact) mass is 318 g/mol. The predicted molar refractivity (Wildman–Crippen MR) is 91.1 cm³/mol. The summed E-state index contributed by atoms with van der Waals surface area (Å²) in [5.74, 6) is 2.57. The number of furan rings is 1. The van der Waals surface area contributed by atoms with E-state index in [4.69, 9.17) is 4.42 Å². The zero-order chi connectivity index (χ0) is 16.1. The SMILES string of the molecule is Cc1ccc(CNC(=O)CCC2CCCN(C3CCCC3)C2)o1. The van der Waals surface area contributed by atoms with Crippen molar-refractivity contribution >= 4 is 5.91 Å².